The Morgan fingerprint density at radius 2 is 1.92 bits per heavy atom. The van der Waals surface area contributed by atoms with E-state index in [2.05, 4.69) is 32.6 Å². The van der Waals surface area contributed by atoms with Gasteiger partial charge in [-0.05, 0) is 61.5 Å². The number of rotatable bonds is 7. The molecule has 188 valence electrons. The SMILES string of the molecule is Cc1ccc(OCCCn2cc(C=C3C(=N)N4N=C(c5cccnc5)SC4=NC3=O)c3ccccc32)cc1. The van der Waals surface area contributed by atoms with Crippen LogP contribution in [0.3, 0.4) is 0 Å². The highest BCUT2D eigenvalue weighted by Gasteiger charge is 2.36. The van der Waals surface area contributed by atoms with Crippen molar-refractivity contribution in [3.8, 4) is 5.75 Å². The molecule has 0 bridgehead atoms. The summed E-state index contributed by atoms with van der Waals surface area (Å²) in [6.45, 7) is 3.40. The number of nitrogens with zero attached hydrogens (tertiary/aromatic N) is 5. The lowest BCUT2D eigenvalue weighted by Crippen LogP contribution is -2.35. The summed E-state index contributed by atoms with van der Waals surface area (Å²) in [5.74, 6) is 0.427. The normalized spacial score (nSPS) is 16.1. The fraction of sp³-hybridized carbons (Fsp3) is 0.138. The summed E-state index contributed by atoms with van der Waals surface area (Å²) in [6.07, 6.45) is 7.98. The highest BCUT2D eigenvalue weighted by molar-refractivity contribution is 8.27. The van der Waals surface area contributed by atoms with Crippen LogP contribution in [0.4, 0.5) is 0 Å². The van der Waals surface area contributed by atoms with Crippen LogP contribution in [0.2, 0.25) is 0 Å². The van der Waals surface area contributed by atoms with Gasteiger partial charge in [-0.3, -0.25) is 15.2 Å². The number of amides is 1. The summed E-state index contributed by atoms with van der Waals surface area (Å²) in [6, 6.07) is 19.8. The molecule has 0 spiro atoms. The Hall–Kier alpha value is -4.50. The van der Waals surface area contributed by atoms with E-state index in [9.17, 15) is 4.79 Å². The molecule has 0 saturated carbocycles. The topological polar surface area (TPSA) is 95.9 Å². The van der Waals surface area contributed by atoms with Crippen LogP contribution in [-0.4, -0.2) is 43.1 Å². The molecule has 1 N–H and O–H groups in total. The first-order chi connectivity index (χ1) is 18.6. The fourth-order valence-electron chi connectivity index (χ4n) is 4.39. The molecule has 6 rings (SSSR count). The van der Waals surface area contributed by atoms with Crippen molar-refractivity contribution in [2.75, 3.05) is 6.61 Å². The van der Waals surface area contributed by atoms with E-state index in [0.29, 0.717) is 16.8 Å². The molecule has 2 aromatic carbocycles. The number of carbonyl (C=O) groups is 1. The minimum Gasteiger partial charge on any atom is -0.494 e. The highest BCUT2D eigenvalue weighted by atomic mass is 32.2. The van der Waals surface area contributed by atoms with Gasteiger partial charge in [0, 0.05) is 47.2 Å². The Balaban J connectivity index is 1.23. The minimum absolute atomic E-state index is 0.00900. The van der Waals surface area contributed by atoms with Gasteiger partial charge in [0.25, 0.3) is 5.91 Å². The number of fused-ring (bicyclic) bond motifs is 2. The van der Waals surface area contributed by atoms with Gasteiger partial charge in [0.2, 0.25) is 5.17 Å². The summed E-state index contributed by atoms with van der Waals surface area (Å²) < 4.78 is 8.06. The second-order valence-electron chi connectivity index (χ2n) is 8.98. The first kappa shape index (κ1) is 23.9. The van der Waals surface area contributed by atoms with Crippen LogP contribution in [0.1, 0.15) is 23.1 Å². The van der Waals surface area contributed by atoms with Crippen LogP contribution < -0.4 is 4.74 Å². The summed E-state index contributed by atoms with van der Waals surface area (Å²) in [5.41, 5.74) is 4.14. The number of hydrogen-bond donors (Lipinski definition) is 1. The van der Waals surface area contributed by atoms with Crippen molar-refractivity contribution < 1.29 is 9.53 Å². The van der Waals surface area contributed by atoms with Gasteiger partial charge in [0.15, 0.2) is 5.84 Å². The molecular weight excluding hydrogens is 496 g/mol. The standard InChI is InChI=1S/C29H24N6O2S/c1-19-9-11-22(12-10-19)37-15-5-14-34-18-21(23-7-2-3-8-25(23)34)16-24-26(30)35-29(32-27(24)36)38-28(33-35)20-6-4-13-31-17-20/h2-4,6-13,16-18,30H,5,14-15H2,1H3. The van der Waals surface area contributed by atoms with E-state index in [4.69, 9.17) is 10.1 Å². The van der Waals surface area contributed by atoms with E-state index in [0.717, 1.165) is 40.7 Å². The number of benzene rings is 2. The molecule has 38 heavy (non-hydrogen) atoms. The maximum Gasteiger partial charge on any atom is 0.283 e. The van der Waals surface area contributed by atoms with Gasteiger partial charge in [-0.2, -0.15) is 15.1 Å². The number of hydrogen-bond acceptors (Lipinski definition) is 6. The number of hydrazone groups is 1. The molecule has 2 aliphatic rings. The molecule has 9 heteroatoms. The van der Waals surface area contributed by atoms with Crippen LogP contribution in [0.15, 0.2) is 94.9 Å². The van der Waals surface area contributed by atoms with Crippen molar-refractivity contribution in [1.29, 1.82) is 5.41 Å². The molecule has 2 aromatic heterocycles. The van der Waals surface area contributed by atoms with Gasteiger partial charge >= 0.3 is 0 Å². The van der Waals surface area contributed by atoms with Gasteiger partial charge in [-0.25, -0.2) is 0 Å². The van der Waals surface area contributed by atoms with Crippen molar-refractivity contribution in [1.82, 2.24) is 14.6 Å². The number of carbonyl (C=O) groups excluding carboxylic acids is 1. The van der Waals surface area contributed by atoms with Crippen LogP contribution in [0.25, 0.3) is 17.0 Å². The van der Waals surface area contributed by atoms with E-state index < -0.39 is 5.91 Å². The Bertz CT molecular complexity index is 1640. The average molecular weight is 521 g/mol. The number of pyridine rings is 1. The predicted octanol–water partition coefficient (Wildman–Crippen LogP) is 5.48. The van der Waals surface area contributed by atoms with E-state index in [1.165, 1.54) is 22.3 Å². The zero-order chi connectivity index (χ0) is 26.1. The molecule has 0 fully saturated rings. The Morgan fingerprint density at radius 1 is 1.08 bits per heavy atom. The van der Waals surface area contributed by atoms with Crippen molar-refractivity contribution in [2.24, 2.45) is 10.1 Å². The van der Waals surface area contributed by atoms with Gasteiger partial charge in [0.1, 0.15) is 10.8 Å². The van der Waals surface area contributed by atoms with Crippen LogP contribution in [-0.2, 0) is 11.3 Å². The molecule has 1 amide bonds. The monoisotopic (exact) mass is 520 g/mol. The molecule has 0 unspecified atom stereocenters. The Kier molecular flexibility index (Phi) is 6.35. The zero-order valence-corrected chi connectivity index (χ0v) is 21.5. The molecular formula is C29H24N6O2S. The van der Waals surface area contributed by atoms with Crippen LogP contribution in [0, 0.1) is 12.3 Å². The maximum atomic E-state index is 13.0. The summed E-state index contributed by atoms with van der Waals surface area (Å²) in [4.78, 5) is 21.3. The number of thioether (sulfide) groups is 1. The van der Waals surface area contributed by atoms with Crippen molar-refractivity contribution in [2.45, 2.75) is 19.9 Å². The second-order valence-corrected chi connectivity index (χ2v) is 9.93. The first-order valence-corrected chi connectivity index (χ1v) is 13.1. The van der Waals surface area contributed by atoms with Crippen molar-refractivity contribution in [3.63, 3.8) is 0 Å². The molecule has 0 atom stereocenters. The highest BCUT2D eigenvalue weighted by Crippen LogP contribution is 2.32. The van der Waals surface area contributed by atoms with E-state index >= 15 is 0 Å². The number of aromatic nitrogens is 2. The number of aliphatic imine (C=N–C) groups is 1. The second kappa shape index (κ2) is 10.1. The Labute approximate surface area is 223 Å². The number of aryl methyl sites for hydroxylation is 2. The quantitative estimate of drug-likeness (QED) is 0.257. The van der Waals surface area contributed by atoms with Gasteiger partial charge < -0.3 is 9.30 Å². The molecule has 4 aromatic rings. The zero-order valence-electron chi connectivity index (χ0n) is 20.7. The van der Waals surface area contributed by atoms with Crippen LogP contribution >= 0.6 is 11.8 Å². The predicted molar refractivity (Wildman–Crippen MR) is 152 cm³/mol. The van der Waals surface area contributed by atoms with E-state index in [1.807, 2.05) is 60.8 Å². The molecule has 2 aliphatic heterocycles. The third-order valence-electron chi connectivity index (χ3n) is 6.32. The average Bonchev–Trinajstić information content (AvgIpc) is 3.52. The van der Waals surface area contributed by atoms with Gasteiger partial charge in [-0.15, -0.1) is 0 Å². The number of para-hydroxylation sites is 1. The molecule has 4 heterocycles. The van der Waals surface area contributed by atoms with Gasteiger partial charge in [-0.1, -0.05) is 35.9 Å². The number of ether oxygens (including phenoxy) is 1. The van der Waals surface area contributed by atoms with Gasteiger partial charge in [0.05, 0.1) is 12.2 Å². The maximum absolute atomic E-state index is 13.0. The summed E-state index contributed by atoms with van der Waals surface area (Å²) in [5, 5.41) is 16.7. The number of amidine groups is 2. The van der Waals surface area contributed by atoms with Crippen molar-refractivity contribution >= 4 is 50.7 Å². The smallest absolute Gasteiger partial charge is 0.283 e. The third kappa shape index (κ3) is 4.64. The minimum atomic E-state index is -0.445. The lowest BCUT2D eigenvalue weighted by Gasteiger charge is -2.20. The third-order valence-corrected chi connectivity index (χ3v) is 7.27. The first-order valence-electron chi connectivity index (χ1n) is 12.2. The summed E-state index contributed by atoms with van der Waals surface area (Å²) in [7, 11) is 0. The Morgan fingerprint density at radius 3 is 2.74 bits per heavy atom. The fourth-order valence-corrected chi connectivity index (χ4v) is 5.27. The van der Waals surface area contributed by atoms with Crippen molar-refractivity contribution in [3.05, 3.63) is 102 Å². The lowest BCUT2D eigenvalue weighted by molar-refractivity contribution is -0.114. The molecule has 0 aliphatic carbocycles. The van der Waals surface area contributed by atoms with E-state index in [1.54, 1.807) is 18.5 Å². The molecule has 8 nitrogen and oxygen atoms in total. The van der Waals surface area contributed by atoms with E-state index in [-0.39, 0.29) is 11.4 Å². The van der Waals surface area contributed by atoms with Crippen LogP contribution in [0.5, 0.6) is 5.75 Å². The molecule has 0 radical (unpaired) electrons. The molecule has 0 saturated heterocycles. The largest absolute Gasteiger partial charge is 0.494 e. The lowest BCUT2D eigenvalue weighted by atomic mass is 10.1. The number of nitrogens with one attached hydrogen (secondary N) is 1. The summed E-state index contributed by atoms with van der Waals surface area (Å²) >= 11 is 1.26.